The van der Waals surface area contributed by atoms with Crippen molar-refractivity contribution < 1.29 is 13.6 Å². The summed E-state index contributed by atoms with van der Waals surface area (Å²) in [5, 5.41) is 1.15. The van der Waals surface area contributed by atoms with E-state index in [-0.39, 0.29) is 23.7 Å². The van der Waals surface area contributed by atoms with E-state index in [4.69, 9.17) is 4.42 Å². The van der Waals surface area contributed by atoms with E-state index in [0.717, 1.165) is 43.4 Å². The zero-order valence-corrected chi connectivity index (χ0v) is 20.9. The quantitative estimate of drug-likeness (QED) is 0.328. The molecule has 2 aromatic carbocycles. The standard InChI is InChI=1S/C30H32FN3O2/c1-21-26(13-17-36-21)30(35)33(2)29(19-25-6-3-4-8-27(25)31)24-11-15-34(16-12-24)20-22-9-10-23-7-5-14-32-28(23)18-22/h3-10,13-14,17-18,24,29H,11-12,15-16,19-20H2,1-2H3/t29-/m1/s1. The normalized spacial score (nSPS) is 15.8. The number of aryl methyl sites for hydroxylation is 1. The first kappa shape index (κ1) is 24.2. The predicted octanol–water partition coefficient (Wildman–Crippen LogP) is 5.87. The highest BCUT2D eigenvalue weighted by Gasteiger charge is 2.33. The average Bonchev–Trinajstić information content (AvgIpc) is 3.33. The molecule has 1 amide bonds. The second kappa shape index (κ2) is 10.6. The smallest absolute Gasteiger partial charge is 0.257 e. The lowest BCUT2D eigenvalue weighted by molar-refractivity contribution is 0.0582. The molecule has 186 valence electrons. The number of fused-ring (bicyclic) bond motifs is 1. The summed E-state index contributed by atoms with van der Waals surface area (Å²) in [6.45, 7) is 4.55. The Morgan fingerprint density at radius 1 is 1.14 bits per heavy atom. The Morgan fingerprint density at radius 2 is 1.94 bits per heavy atom. The molecule has 2 aromatic heterocycles. The Morgan fingerprint density at radius 3 is 2.69 bits per heavy atom. The summed E-state index contributed by atoms with van der Waals surface area (Å²) < 4.78 is 20.0. The van der Waals surface area contributed by atoms with Gasteiger partial charge in [-0.05, 0) is 80.6 Å². The maximum absolute atomic E-state index is 14.6. The van der Waals surface area contributed by atoms with Gasteiger partial charge in [0, 0.05) is 31.2 Å². The number of piperidine rings is 1. The third kappa shape index (κ3) is 5.19. The number of pyridine rings is 1. The van der Waals surface area contributed by atoms with Crippen LogP contribution in [0.3, 0.4) is 0 Å². The van der Waals surface area contributed by atoms with Gasteiger partial charge in [-0.3, -0.25) is 14.7 Å². The average molecular weight is 486 g/mol. The number of likely N-dealkylation sites (tertiary alicyclic amines) is 1. The van der Waals surface area contributed by atoms with E-state index >= 15 is 0 Å². The highest BCUT2D eigenvalue weighted by Crippen LogP contribution is 2.29. The summed E-state index contributed by atoms with van der Waals surface area (Å²) in [5.41, 5.74) is 3.49. The number of furan rings is 1. The molecule has 0 aliphatic carbocycles. The molecule has 3 heterocycles. The molecule has 0 spiro atoms. The Kier molecular flexibility index (Phi) is 7.14. The molecule has 4 aromatic rings. The lowest BCUT2D eigenvalue weighted by atomic mass is 9.84. The molecule has 0 unspecified atom stereocenters. The lowest BCUT2D eigenvalue weighted by Crippen LogP contribution is -2.47. The van der Waals surface area contributed by atoms with Crippen LogP contribution in [0.2, 0.25) is 0 Å². The molecule has 5 nitrogen and oxygen atoms in total. The van der Waals surface area contributed by atoms with Gasteiger partial charge in [-0.2, -0.15) is 0 Å². The number of rotatable bonds is 7. The van der Waals surface area contributed by atoms with Crippen LogP contribution >= 0.6 is 0 Å². The highest BCUT2D eigenvalue weighted by atomic mass is 19.1. The number of hydrogen-bond acceptors (Lipinski definition) is 4. The van der Waals surface area contributed by atoms with Crippen LogP contribution in [0.4, 0.5) is 4.39 Å². The van der Waals surface area contributed by atoms with E-state index < -0.39 is 0 Å². The molecule has 1 atom stereocenters. The number of halogens is 1. The number of hydrogen-bond donors (Lipinski definition) is 0. The SMILES string of the molecule is Cc1occc1C(=O)N(C)[C@H](Cc1ccccc1F)C1CCN(Cc2ccc3cccnc3c2)CC1. The summed E-state index contributed by atoms with van der Waals surface area (Å²) in [6, 6.07) is 19.0. The van der Waals surface area contributed by atoms with Crippen LogP contribution in [0.5, 0.6) is 0 Å². The van der Waals surface area contributed by atoms with Gasteiger partial charge in [0.1, 0.15) is 11.6 Å². The first-order chi connectivity index (χ1) is 17.5. The fraction of sp³-hybridized carbons (Fsp3) is 0.333. The maximum atomic E-state index is 14.6. The molecule has 0 bridgehead atoms. The third-order valence-corrected chi connectivity index (χ3v) is 7.55. The zero-order chi connectivity index (χ0) is 25.1. The predicted molar refractivity (Wildman–Crippen MR) is 139 cm³/mol. The molecule has 1 fully saturated rings. The van der Waals surface area contributed by atoms with Gasteiger partial charge in [0.05, 0.1) is 17.3 Å². The molecule has 0 N–H and O–H groups in total. The van der Waals surface area contributed by atoms with Crippen molar-refractivity contribution in [2.45, 2.75) is 38.8 Å². The number of carbonyl (C=O) groups excluding carboxylic acids is 1. The van der Waals surface area contributed by atoms with Gasteiger partial charge >= 0.3 is 0 Å². The summed E-state index contributed by atoms with van der Waals surface area (Å²) in [4.78, 5) is 22.1. The topological polar surface area (TPSA) is 49.6 Å². The zero-order valence-electron chi connectivity index (χ0n) is 20.9. The minimum Gasteiger partial charge on any atom is -0.469 e. The minimum absolute atomic E-state index is 0.0753. The molecule has 5 rings (SSSR count). The van der Waals surface area contributed by atoms with E-state index in [9.17, 15) is 9.18 Å². The molecule has 1 aliphatic rings. The van der Waals surface area contributed by atoms with Crippen LogP contribution in [-0.2, 0) is 13.0 Å². The van der Waals surface area contributed by atoms with Gasteiger partial charge in [-0.1, -0.05) is 36.4 Å². The molecule has 0 radical (unpaired) electrons. The molecule has 1 saturated heterocycles. The number of aromatic nitrogens is 1. The molecule has 0 saturated carbocycles. The summed E-state index contributed by atoms with van der Waals surface area (Å²) in [7, 11) is 1.84. The molecule has 6 heteroatoms. The van der Waals surface area contributed by atoms with Gasteiger partial charge in [0.25, 0.3) is 5.91 Å². The van der Waals surface area contributed by atoms with Gasteiger partial charge in [0.15, 0.2) is 0 Å². The summed E-state index contributed by atoms with van der Waals surface area (Å²) in [5.74, 6) is 0.593. The highest BCUT2D eigenvalue weighted by molar-refractivity contribution is 5.95. The van der Waals surface area contributed by atoms with Crippen LogP contribution in [0.25, 0.3) is 10.9 Å². The van der Waals surface area contributed by atoms with Crippen molar-refractivity contribution in [3.8, 4) is 0 Å². The summed E-state index contributed by atoms with van der Waals surface area (Å²) >= 11 is 0. The Hall–Kier alpha value is -3.51. The van der Waals surface area contributed by atoms with Crippen molar-refractivity contribution in [3.63, 3.8) is 0 Å². The number of likely N-dealkylation sites (N-methyl/N-ethyl adjacent to an activating group) is 1. The van der Waals surface area contributed by atoms with Gasteiger partial charge in [-0.25, -0.2) is 4.39 Å². The second-order valence-electron chi connectivity index (χ2n) is 9.81. The second-order valence-corrected chi connectivity index (χ2v) is 9.81. The first-order valence-corrected chi connectivity index (χ1v) is 12.6. The monoisotopic (exact) mass is 485 g/mol. The number of benzene rings is 2. The molecular weight excluding hydrogens is 453 g/mol. The van der Waals surface area contributed by atoms with Crippen molar-refractivity contribution in [2.75, 3.05) is 20.1 Å². The lowest BCUT2D eigenvalue weighted by Gasteiger charge is -2.40. The Bertz CT molecular complexity index is 1340. The van der Waals surface area contributed by atoms with Crippen molar-refractivity contribution in [3.05, 3.63) is 101 Å². The third-order valence-electron chi connectivity index (χ3n) is 7.55. The maximum Gasteiger partial charge on any atom is 0.257 e. The van der Waals surface area contributed by atoms with E-state index in [1.807, 2.05) is 31.4 Å². The number of nitrogens with zero attached hydrogens (tertiary/aromatic N) is 3. The van der Waals surface area contributed by atoms with Crippen LogP contribution in [0.15, 0.2) is 77.5 Å². The van der Waals surface area contributed by atoms with Gasteiger partial charge < -0.3 is 9.32 Å². The van der Waals surface area contributed by atoms with Crippen molar-refractivity contribution in [1.29, 1.82) is 0 Å². The Labute approximate surface area is 211 Å². The van der Waals surface area contributed by atoms with E-state index in [1.54, 1.807) is 30.2 Å². The molecule has 1 aliphatic heterocycles. The van der Waals surface area contributed by atoms with E-state index in [2.05, 4.69) is 34.1 Å². The van der Waals surface area contributed by atoms with Crippen LogP contribution in [-0.4, -0.2) is 46.9 Å². The van der Waals surface area contributed by atoms with E-state index in [1.165, 1.54) is 11.6 Å². The summed E-state index contributed by atoms with van der Waals surface area (Å²) in [6.07, 6.45) is 5.77. The molecular formula is C30H32FN3O2. The van der Waals surface area contributed by atoms with Crippen molar-refractivity contribution >= 4 is 16.8 Å². The Balaban J connectivity index is 1.30. The fourth-order valence-electron chi connectivity index (χ4n) is 5.42. The molecule has 36 heavy (non-hydrogen) atoms. The van der Waals surface area contributed by atoms with Crippen molar-refractivity contribution in [2.24, 2.45) is 5.92 Å². The van der Waals surface area contributed by atoms with Crippen LogP contribution < -0.4 is 0 Å². The van der Waals surface area contributed by atoms with Gasteiger partial charge in [-0.15, -0.1) is 0 Å². The largest absolute Gasteiger partial charge is 0.469 e. The minimum atomic E-state index is -0.217. The van der Waals surface area contributed by atoms with Crippen molar-refractivity contribution in [1.82, 2.24) is 14.8 Å². The first-order valence-electron chi connectivity index (χ1n) is 12.6. The number of carbonyl (C=O) groups is 1. The van der Waals surface area contributed by atoms with Gasteiger partial charge in [0.2, 0.25) is 0 Å². The van der Waals surface area contributed by atoms with Crippen LogP contribution in [0, 0.1) is 18.7 Å². The fourth-order valence-corrected chi connectivity index (χ4v) is 5.42. The van der Waals surface area contributed by atoms with Crippen LogP contribution in [0.1, 0.15) is 40.1 Å². The number of amides is 1. The van der Waals surface area contributed by atoms with E-state index in [0.29, 0.717) is 23.3 Å².